The Morgan fingerprint density at radius 1 is 0.384 bits per heavy atom. The highest BCUT2D eigenvalue weighted by atomic mass is 31.2. The van der Waals surface area contributed by atoms with Crippen molar-refractivity contribution < 1.29 is 32.9 Å². The van der Waals surface area contributed by atoms with E-state index in [1.807, 2.05) is 27.2 Å². The van der Waals surface area contributed by atoms with Gasteiger partial charge in [0.2, 0.25) is 5.91 Å². The molecule has 0 bridgehead atoms. The highest BCUT2D eigenvalue weighted by Crippen LogP contribution is 2.43. The summed E-state index contributed by atoms with van der Waals surface area (Å²) in [5, 5.41) is 14.1. The molecule has 0 aliphatic rings. The van der Waals surface area contributed by atoms with Gasteiger partial charge in [0, 0.05) is 6.42 Å². The molecule has 0 aromatic heterocycles. The Morgan fingerprint density at radius 2 is 0.628 bits per heavy atom. The van der Waals surface area contributed by atoms with Crippen LogP contribution in [0.15, 0.2) is 24.3 Å². The first kappa shape index (κ1) is 85.0. The number of carbonyl (C=O) groups is 1. The van der Waals surface area contributed by atoms with Crippen molar-refractivity contribution in [1.82, 2.24) is 5.32 Å². The maximum atomic E-state index is 13.1. The Balaban J connectivity index is 3.97. The second kappa shape index (κ2) is 68.3. The smallest absolute Gasteiger partial charge is 0.387 e. The number of rotatable bonds is 73. The number of aliphatic hydroxyl groups excluding tert-OH is 1. The number of allylic oxidation sites excluding steroid dienone is 3. The van der Waals surface area contributed by atoms with Crippen LogP contribution >= 0.6 is 7.82 Å². The van der Waals surface area contributed by atoms with Gasteiger partial charge in [0.15, 0.2) is 0 Å². The number of hydrogen-bond acceptors (Lipinski definition) is 5. The van der Waals surface area contributed by atoms with Gasteiger partial charge in [0.05, 0.1) is 39.9 Å². The average Bonchev–Trinajstić information content (AvgIpc) is 3.70. The molecule has 0 spiro atoms. The zero-order valence-corrected chi connectivity index (χ0v) is 59.7. The Bertz CT molecular complexity index is 1450. The SMILES string of the molecule is CCCCCCCCCC/C=C\CCCCCCCCCCCCCCCCCCCCCCCC(=O)NC(COP(=O)(O)OCC[N+](C)(C)C)C(O)/C=C/CCCCCCCCCCCCCCCCCCCCCCCCCCCCCCC. The number of likely N-dealkylation sites (N-methyl/N-ethyl adjacent to an activating group) is 1. The number of phosphoric acid groups is 1. The van der Waals surface area contributed by atoms with E-state index in [1.54, 1.807) is 6.08 Å². The second-order valence-electron chi connectivity index (χ2n) is 28.1. The molecule has 0 saturated carbocycles. The number of aliphatic hydroxyl groups is 1. The van der Waals surface area contributed by atoms with Crippen molar-refractivity contribution in [2.45, 2.75) is 424 Å². The fourth-order valence-electron chi connectivity index (χ4n) is 12.2. The molecule has 3 unspecified atom stereocenters. The Labute approximate surface area is 538 Å². The Morgan fingerprint density at radius 3 is 0.895 bits per heavy atom. The van der Waals surface area contributed by atoms with Crippen LogP contribution in [0.2, 0.25) is 0 Å². The highest BCUT2D eigenvalue weighted by molar-refractivity contribution is 7.47. The van der Waals surface area contributed by atoms with Crippen molar-refractivity contribution in [1.29, 1.82) is 0 Å². The lowest BCUT2D eigenvalue weighted by molar-refractivity contribution is -0.870. The maximum absolute atomic E-state index is 13.1. The lowest BCUT2D eigenvalue weighted by atomic mass is 10.0. The second-order valence-corrected chi connectivity index (χ2v) is 29.5. The molecule has 0 radical (unpaired) electrons. The minimum Gasteiger partial charge on any atom is -0.387 e. The van der Waals surface area contributed by atoms with E-state index < -0.39 is 20.0 Å². The molecular formula is C77H154N2O6P+. The van der Waals surface area contributed by atoms with E-state index in [9.17, 15) is 19.4 Å². The first-order chi connectivity index (χ1) is 42.0. The van der Waals surface area contributed by atoms with Crippen LogP contribution in [0.25, 0.3) is 0 Å². The summed E-state index contributed by atoms with van der Waals surface area (Å²) < 4.78 is 23.9. The molecule has 3 atom stereocenters. The van der Waals surface area contributed by atoms with Crippen LogP contribution in [0.3, 0.4) is 0 Å². The molecule has 3 N–H and O–H groups in total. The number of amides is 1. The fourth-order valence-corrected chi connectivity index (χ4v) is 12.9. The maximum Gasteiger partial charge on any atom is 0.472 e. The molecule has 0 fully saturated rings. The summed E-state index contributed by atoms with van der Waals surface area (Å²) in [4.78, 5) is 23.5. The number of nitrogens with one attached hydrogen (secondary N) is 1. The van der Waals surface area contributed by atoms with Gasteiger partial charge in [-0.25, -0.2) is 4.57 Å². The normalized spacial score (nSPS) is 13.6. The van der Waals surface area contributed by atoms with Gasteiger partial charge in [-0.15, -0.1) is 0 Å². The molecule has 0 rings (SSSR count). The first-order valence-electron chi connectivity index (χ1n) is 38.7. The molecule has 0 heterocycles. The molecule has 0 aromatic rings. The predicted molar refractivity (Wildman–Crippen MR) is 378 cm³/mol. The van der Waals surface area contributed by atoms with Crippen molar-refractivity contribution in [3.63, 3.8) is 0 Å². The van der Waals surface area contributed by atoms with E-state index in [0.717, 1.165) is 32.1 Å². The molecule has 512 valence electrons. The van der Waals surface area contributed by atoms with Crippen LogP contribution in [-0.4, -0.2) is 73.4 Å². The van der Waals surface area contributed by atoms with Crippen LogP contribution in [0.5, 0.6) is 0 Å². The van der Waals surface area contributed by atoms with Crippen molar-refractivity contribution in [2.75, 3.05) is 40.9 Å². The number of carbonyl (C=O) groups excluding carboxylic acids is 1. The third-order valence-corrected chi connectivity index (χ3v) is 19.1. The van der Waals surface area contributed by atoms with Crippen LogP contribution in [-0.2, 0) is 18.4 Å². The van der Waals surface area contributed by atoms with Gasteiger partial charge < -0.3 is 19.8 Å². The summed E-state index contributed by atoms with van der Waals surface area (Å²) in [7, 11) is 1.60. The van der Waals surface area contributed by atoms with Crippen LogP contribution < -0.4 is 5.32 Å². The van der Waals surface area contributed by atoms with Crippen LogP contribution in [0.1, 0.15) is 412 Å². The standard InChI is InChI=1S/C77H153N2O6P/c1-6-8-10-12-14-16-18-20-22-24-26-28-30-32-34-36-38-39-41-43-45-47-49-51-53-55-57-59-61-63-65-67-69-71-77(81)78-75(74-85-86(82,83)84-73-72-79(3,4)5)76(80)70-68-66-64-62-60-58-56-54-52-50-48-46-44-42-40-37-35-33-31-29-27-25-23-21-19-17-15-13-11-9-7-2/h24,26,68,70,75-76,80H,6-23,25,27-67,69,71-74H2,1-5H3,(H-,78,81,82,83)/p+1/b26-24-,70-68+. The number of quaternary nitrogens is 1. The molecule has 86 heavy (non-hydrogen) atoms. The Kier molecular flexibility index (Phi) is 67.5. The molecule has 9 heteroatoms. The minimum absolute atomic E-state index is 0.0647. The first-order valence-corrected chi connectivity index (χ1v) is 40.2. The number of unbranched alkanes of at least 4 members (excludes halogenated alkanes) is 58. The molecule has 8 nitrogen and oxygen atoms in total. The summed E-state index contributed by atoms with van der Waals surface area (Å²) in [6, 6.07) is -0.846. The van der Waals surface area contributed by atoms with Crippen molar-refractivity contribution in [2.24, 2.45) is 0 Å². The topological polar surface area (TPSA) is 105 Å². The highest BCUT2D eigenvalue weighted by Gasteiger charge is 2.28. The van der Waals surface area contributed by atoms with E-state index in [0.29, 0.717) is 17.4 Å². The molecule has 0 aliphatic carbocycles. The summed E-state index contributed by atoms with van der Waals surface area (Å²) in [5.41, 5.74) is 0. The number of phosphoric ester groups is 1. The summed E-state index contributed by atoms with van der Waals surface area (Å²) >= 11 is 0. The quantitative estimate of drug-likeness (QED) is 0.0243. The average molecular weight is 1240 g/mol. The van der Waals surface area contributed by atoms with E-state index in [-0.39, 0.29) is 19.1 Å². The summed E-state index contributed by atoms with van der Waals surface area (Å²) in [6.45, 7) is 4.89. The molecule has 1 amide bonds. The Hall–Kier alpha value is -1.02. The lowest BCUT2D eigenvalue weighted by Gasteiger charge is -2.25. The minimum atomic E-state index is -4.35. The van der Waals surface area contributed by atoms with Gasteiger partial charge in [-0.1, -0.05) is 385 Å². The monoisotopic (exact) mass is 1230 g/mol. The molecule has 0 aromatic carbocycles. The lowest BCUT2D eigenvalue weighted by Crippen LogP contribution is -2.45. The molecular weight excluding hydrogens is 1080 g/mol. The third kappa shape index (κ3) is 70.4. The van der Waals surface area contributed by atoms with Gasteiger partial charge in [0.25, 0.3) is 0 Å². The summed E-state index contributed by atoms with van der Waals surface area (Å²) in [6.07, 6.45) is 90.8. The van der Waals surface area contributed by atoms with Crippen LogP contribution in [0.4, 0.5) is 0 Å². The molecule has 0 saturated heterocycles. The van der Waals surface area contributed by atoms with E-state index in [2.05, 4.69) is 31.3 Å². The van der Waals surface area contributed by atoms with Crippen molar-refractivity contribution >= 4 is 13.7 Å². The number of nitrogens with zero attached hydrogens (tertiary/aromatic N) is 1. The van der Waals surface area contributed by atoms with Crippen molar-refractivity contribution in [3.05, 3.63) is 24.3 Å². The van der Waals surface area contributed by atoms with Crippen molar-refractivity contribution in [3.8, 4) is 0 Å². The van der Waals surface area contributed by atoms with E-state index >= 15 is 0 Å². The van der Waals surface area contributed by atoms with Gasteiger partial charge in [-0.3, -0.25) is 13.8 Å². The molecule has 0 aliphatic heterocycles. The summed E-state index contributed by atoms with van der Waals surface area (Å²) in [5.74, 6) is -0.167. The zero-order chi connectivity index (χ0) is 62.6. The van der Waals surface area contributed by atoms with E-state index in [1.165, 1.54) is 360 Å². The fraction of sp³-hybridized carbons (Fsp3) is 0.935. The third-order valence-electron chi connectivity index (χ3n) is 18.2. The van der Waals surface area contributed by atoms with Gasteiger partial charge in [-0.05, 0) is 44.9 Å². The zero-order valence-electron chi connectivity index (χ0n) is 58.8. The van der Waals surface area contributed by atoms with Crippen LogP contribution in [0, 0.1) is 0 Å². The number of hydrogen-bond donors (Lipinski definition) is 3. The van der Waals surface area contributed by atoms with Gasteiger partial charge in [-0.2, -0.15) is 0 Å². The largest absolute Gasteiger partial charge is 0.472 e. The van der Waals surface area contributed by atoms with E-state index in [4.69, 9.17) is 9.05 Å². The van der Waals surface area contributed by atoms with Gasteiger partial charge >= 0.3 is 7.82 Å². The predicted octanol–water partition coefficient (Wildman–Crippen LogP) is 25.0. The van der Waals surface area contributed by atoms with Gasteiger partial charge in [0.1, 0.15) is 13.2 Å².